The van der Waals surface area contributed by atoms with Gasteiger partial charge in [0.15, 0.2) is 0 Å². The van der Waals surface area contributed by atoms with E-state index in [1.165, 1.54) is 49.4 Å². The van der Waals surface area contributed by atoms with Gasteiger partial charge in [0.2, 0.25) is 0 Å². The summed E-state index contributed by atoms with van der Waals surface area (Å²) in [4.78, 5) is 0. The summed E-state index contributed by atoms with van der Waals surface area (Å²) in [6.07, 6.45) is 3.39. The number of aryl methyl sites for hydroxylation is 1. The molecule has 0 saturated heterocycles. The van der Waals surface area contributed by atoms with Crippen molar-refractivity contribution in [1.82, 2.24) is 0 Å². The minimum atomic E-state index is 1.03. The number of allylic oxidation sites excluding steroid dienone is 1. The Bertz CT molecular complexity index is 1130. The standard InChI is InChI=1S/C24H18/c1-16-12-20-11-10-17-6-4-5-9-22(17)24(20)23(13-16)21-14-18-7-2-3-8-19(18)15-21/h2-14H,15H2,1H3. The number of hydrogen-bond acceptors (Lipinski definition) is 0. The van der Waals surface area contributed by atoms with Crippen LogP contribution in [0.15, 0.2) is 72.8 Å². The summed E-state index contributed by atoms with van der Waals surface area (Å²) >= 11 is 0. The van der Waals surface area contributed by atoms with Crippen LogP contribution < -0.4 is 0 Å². The minimum absolute atomic E-state index is 1.03. The van der Waals surface area contributed by atoms with Gasteiger partial charge in [0.1, 0.15) is 0 Å². The van der Waals surface area contributed by atoms with Crippen LogP contribution in [0, 0.1) is 6.92 Å². The lowest BCUT2D eigenvalue weighted by Gasteiger charge is -2.13. The highest BCUT2D eigenvalue weighted by molar-refractivity contribution is 6.14. The van der Waals surface area contributed by atoms with Gasteiger partial charge in [-0.15, -0.1) is 0 Å². The lowest BCUT2D eigenvalue weighted by Crippen LogP contribution is -1.91. The third-order valence-electron chi connectivity index (χ3n) is 5.10. The van der Waals surface area contributed by atoms with Gasteiger partial charge in [0, 0.05) is 0 Å². The number of rotatable bonds is 1. The van der Waals surface area contributed by atoms with Crippen molar-refractivity contribution < 1.29 is 0 Å². The Morgan fingerprint density at radius 3 is 2.46 bits per heavy atom. The van der Waals surface area contributed by atoms with Crippen LogP contribution in [0.2, 0.25) is 0 Å². The van der Waals surface area contributed by atoms with Gasteiger partial charge in [-0.2, -0.15) is 0 Å². The van der Waals surface area contributed by atoms with Crippen molar-refractivity contribution in [2.24, 2.45) is 0 Å². The summed E-state index contributed by atoms with van der Waals surface area (Å²) in [5.41, 5.74) is 6.94. The van der Waals surface area contributed by atoms with Gasteiger partial charge in [-0.05, 0) is 62.7 Å². The molecule has 0 unspecified atom stereocenters. The smallest absolute Gasteiger partial charge is 0.00134 e. The molecule has 24 heavy (non-hydrogen) atoms. The molecule has 1 aliphatic carbocycles. The molecule has 0 N–H and O–H groups in total. The van der Waals surface area contributed by atoms with E-state index in [-0.39, 0.29) is 0 Å². The molecule has 0 heterocycles. The van der Waals surface area contributed by atoms with E-state index < -0.39 is 0 Å². The Morgan fingerprint density at radius 2 is 1.54 bits per heavy atom. The van der Waals surface area contributed by atoms with Crippen LogP contribution in [0.5, 0.6) is 0 Å². The molecule has 4 aromatic carbocycles. The minimum Gasteiger partial charge on any atom is -0.0619 e. The van der Waals surface area contributed by atoms with Crippen molar-refractivity contribution in [2.45, 2.75) is 13.3 Å². The fraction of sp³-hybridized carbons (Fsp3) is 0.0833. The van der Waals surface area contributed by atoms with Crippen LogP contribution in [0.25, 0.3) is 33.2 Å². The Balaban J connectivity index is 1.84. The van der Waals surface area contributed by atoms with Crippen LogP contribution >= 0.6 is 0 Å². The van der Waals surface area contributed by atoms with Crippen LogP contribution in [-0.2, 0) is 6.42 Å². The van der Waals surface area contributed by atoms with E-state index in [0.29, 0.717) is 0 Å². The SMILES string of the molecule is Cc1cc(C2=Cc3ccccc3C2)c2c(ccc3ccccc32)c1. The van der Waals surface area contributed by atoms with Crippen LogP contribution in [0.4, 0.5) is 0 Å². The van der Waals surface area contributed by atoms with Crippen molar-refractivity contribution in [3.8, 4) is 0 Å². The van der Waals surface area contributed by atoms with E-state index in [1.54, 1.807) is 0 Å². The van der Waals surface area contributed by atoms with Crippen molar-refractivity contribution in [2.75, 3.05) is 0 Å². The molecule has 0 heteroatoms. The molecule has 1 aliphatic rings. The average molecular weight is 306 g/mol. The van der Waals surface area contributed by atoms with E-state index in [0.717, 1.165) is 6.42 Å². The molecule has 114 valence electrons. The Hall–Kier alpha value is -2.86. The summed E-state index contributed by atoms with van der Waals surface area (Å²) in [7, 11) is 0. The van der Waals surface area contributed by atoms with Gasteiger partial charge in [0.05, 0.1) is 0 Å². The largest absolute Gasteiger partial charge is 0.0619 e. The molecule has 0 aliphatic heterocycles. The predicted octanol–water partition coefficient (Wildman–Crippen LogP) is 6.40. The van der Waals surface area contributed by atoms with Gasteiger partial charge in [-0.25, -0.2) is 0 Å². The van der Waals surface area contributed by atoms with Gasteiger partial charge in [-0.3, -0.25) is 0 Å². The summed E-state index contributed by atoms with van der Waals surface area (Å²) in [6, 6.07) is 26.6. The number of benzene rings is 4. The first-order valence-electron chi connectivity index (χ1n) is 8.50. The zero-order chi connectivity index (χ0) is 16.1. The zero-order valence-corrected chi connectivity index (χ0v) is 13.7. The molecule has 0 saturated carbocycles. The van der Waals surface area contributed by atoms with Gasteiger partial charge in [-0.1, -0.05) is 78.9 Å². The van der Waals surface area contributed by atoms with E-state index in [9.17, 15) is 0 Å². The van der Waals surface area contributed by atoms with Crippen LogP contribution in [0.3, 0.4) is 0 Å². The quantitative estimate of drug-likeness (QED) is 0.357. The number of fused-ring (bicyclic) bond motifs is 4. The normalized spacial score (nSPS) is 13.3. The fourth-order valence-corrected chi connectivity index (χ4v) is 4.00. The number of hydrogen-bond donors (Lipinski definition) is 0. The third kappa shape index (κ3) is 2.00. The second-order valence-corrected chi connectivity index (χ2v) is 6.74. The highest BCUT2D eigenvalue weighted by Gasteiger charge is 2.17. The lowest BCUT2D eigenvalue weighted by atomic mass is 9.91. The van der Waals surface area contributed by atoms with E-state index in [2.05, 4.69) is 85.8 Å². The highest BCUT2D eigenvalue weighted by atomic mass is 14.2. The van der Waals surface area contributed by atoms with Crippen molar-refractivity contribution >= 4 is 33.2 Å². The Labute approximate surface area is 142 Å². The molecule has 0 radical (unpaired) electrons. The van der Waals surface area contributed by atoms with E-state index >= 15 is 0 Å². The summed E-state index contributed by atoms with van der Waals surface area (Å²) < 4.78 is 0. The molecule has 0 spiro atoms. The summed E-state index contributed by atoms with van der Waals surface area (Å²) in [5.74, 6) is 0. The summed E-state index contributed by atoms with van der Waals surface area (Å²) in [6.45, 7) is 2.20. The van der Waals surface area contributed by atoms with E-state index in [4.69, 9.17) is 0 Å². The van der Waals surface area contributed by atoms with Crippen molar-refractivity contribution in [3.63, 3.8) is 0 Å². The first-order chi connectivity index (χ1) is 11.8. The van der Waals surface area contributed by atoms with E-state index in [1.807, 2.05) is 0 Å². The monoisotopic (exact) mass is 306 g/mol. The first-order valence-corrected chi connectivity index (χ1v) is 8.50. The topological polar surface area (TPSA) is 0 Å². The summed E-state index contributed by atoms with van der Waals surface area (Å²) in [5, 5.41) is 5.38. The average Bonchev–Trinajstić information content (AvgIpc) is 3.04. The third-order valence-corrected chi connectivity index (χ3v) is 5.10. The van der Waals surface area contributed by atoms with Gasteiger partial charge < -0.3 is 0 Å². The lowest BCUT2D eigenvalue weighted by molar-refractivity contribution is 1.32. The van der Waals surface area contributed by atoms with Crippen LogP contribution in [-0.4, -0.2) is 0 Å². The maximum absolute atomic E-state index is 2.37. The Morgan fingerprint density at radius 1 is 0.750 bits per heavy atom. The molecule has 0 aromatic heterocycles. The zero-order valence-electron chi connectivity index (χ0n) is 13.7. The predicted molar refractivity (Wildman–Crippen MR) is 104 cm³/mol. The Kier molecular flexibility index (Phi) is 2.87. The molecule has 0 amide bonds. The molecule has 0 bridgehead atoms. The molecule has 0 fully saturated rings. The molecular formula is C24H18. The molecule has 0 atom stereocenters. The second-order valence-electron chi connectivity index (χ2n) is 6.74. The molecule has 0 nitrogen and oxygen atoms in total. The van der Waals surface area contributed by atoms with Crippen molar-refractivity contribution in [3.05, 3.63) is 95.1 Å². The molecular weight excluding hydrogens is 288 g/mol. The fourth-order valence-electron chi connectivity index (χ4n) is 4.00. The van der Waals surface area contributed by atoms with Crippen LogP contribution in [0.1, 0.15) is 22.3 Å². The van der Waals surface area contributed by atoms with Gasteiger partial charge >= 0.3 is 0 Å². The van der Waals surface area contributed by atoms with Crippen molar-refractivity contribution in [1.29, 1.82) is 0 Å². The molecule has 4 aromatic rings. The maximum atomic E-state index is 2.37. The maximum Gasteiger partial charge on any atom is -0.00134 e. The second kappa shape index (κ2) is 5.07. The first kappa shape index (κ1) is 13.6. The molecule has 5 rings (SSSR count). The van der Waals surface area contributed by atoms with Gasteiger partial charge in [0.25, 0.3) is 0 Å². The highest BCUT2D eigenvalue weighted by Crippen LogP contribution is 2.38.